The van der Waals surface area contributed by atoms with Crippen molar-refractivity contribution in [1.29, 1.82) is 0 Å². The Labute approximate surface area is 111 Å². The number of methoxy groups -OCH3 is 1. The van der Waals surface area contributed by atoms with E-state index in [1.54, 1.807) is 7.11 Å². The fourth-order valence-electron chi connectivity index (χ4n) is 2.35. The first-order valence-electron chi connectivity index (χ1n) is 5.92. The number of hydrogen-bond acceptors (Lipinski definition) is 3. The van der Waals surface area contributed by atoms with E-state index in [2.05, 4.69) is 33.0 Å². The lowest BCUT2D eigenvalue weighted by atomic mass is 10.2. The quantitative estimate of drug-likeness (QED) is 0.927. The zero-order valence-corrected chi connectivity index (χ0v) is 11.6. The van der Waals surface area contributed by atoms with Crippen molar-refractivity contribution in [2.75, 3.05) is 20.3 Å². The molecule has 0 aliphatic carbocycles. The summed E-state index contributed by atoms with van der Waals surface area (Å²) >= 11 is 3.50. The van der Waals surface area contributed by atoms with Gasteiger partial charge in [-0.05, 0) is 53.0 Å². The van der Waals surface area contributed by atoms with Crippen molar-refractivity contribution in [2.45, 2.75) is 25.4 Å². The first-order chi connectivity index (χ1) is 8.24. The molecule has 1 aromatic rings. The third kappa shape index (κ3) is 3.00. The molecule has 1 heterocycles. The van der Waals surface area contributed by atoms with Crippen LogP contribution in [0.2, 0.25) is 0 Å². The smallest absolute Gasteiger partial charge is 0.133 e. The van der Waals surface area contributed by atoms with Gasteiger partial charge in [0.25, 0.3) is 0 Å². The van der Waals surface area contributed by atoms with Crippen LogP contribution in [0.3, 0.4) is 0 Å². The van der Waals surface area contributed by atoms with Crippen molar-refractivity contribution >= 4 is 15.9 Å². The molecule has 1 aromatic carbocycles. The van der Waals surface area contributed by atoms with Gasteiger partial charge in [0.05, 0.1) is 18.2 Å². The Kier molecular flexibility index (Phi) is 4.42. The number of aliphatic hydroxyl groups is 1. The lowest BCUT2D eigenvalue weighted by Crippen LogP contribution is -2.31. The molecule has 1 atom stereocenters. The number of halogens is 1. The molecule has 1 aliphatic heterocycles. The number of ether oxygens (including phenoxy) is 1. The van der Waals surface area contributed by atoms with E-state index in [9.17, 15) is 5.11 Å². The maximum atomic E-state index is 9.28. The van der Waals surface area contributed by atoms with Crippen LogP contribution in [0.4, 0.5) is 0 Å². The highest BCUT2D eigenvalue weighted by Crippen LogP contribution is 2.27. The minimum absolute atomic E-state index is 0.261. The molecule has 1 fully saturated rings. The van der Waals surface area contributed by atoms with Crippen molar-refractivity contribution in [3.05, 3.63) is 28.2 Å². The molecule has 0 amide bonds. The largest absolute Gasteiger partial charge is 0.496 e. The molecule has 0 radical (unpaired) electrons. The standard InChI is InChI=1S/C13H18BrNO2/c1-17-13-5-4-10(7-12(13)14)8-15-6-2-3-11(15)9-16/h4-5,7,11,16H,2-3,6,8-9H2,1H3. The summed E-state index contributed by atoms with van der Waals surface area (Å²) in [6.45, 7) is 2.24. The summed E-state index contributed by atoms with van der Waals surface area (Å²) < 4.78 is 6.20. The van der Waals surface area contributed by atoms with E-state index < -0.39 is 0 Å². The zero-order valence-electron chi connectivity index (χ0n) is 10.0. The molecule has 0 bridgehead atoms. The molecule has 0 saturated carbocycles. The van der Waals surface area contributed by atoms with Crippen LogP contribution in [0.1, 0.15) is 18.4 Å². The van der Waals surface area contributed by atoms with Gasteiger partial charge in [-0.25, -0.2) is 0 Å². The zero-order chi connectivity index (χ0) is 12.3. The van der Waals surface area contributed by atoms with Crippen molar-refractivity contribution in [3.8, 4) is 5.75 Å². The molecule has 3 nitrogen and oxygen atoms in total. The van der Waals surface area contributed by atoms with E-state index >= 15 is 0 Å². The summed E-state index contributed by atoms with van der Waals surface area (Å²) in [5, 5.41) is 9.28. The summed E-state index contributed by atoms with van der Waals surface area (Å²) in [6, 6.07) is 6.47. The van der Waals surface area contributed by atoms with Gasteiger partial charge in [0, 0.05) is 12.6 Å². The molecular weight excluding hydrogens is 282 g/mol. The second-order valence-electron chi connectivity index (χ2n) is 4.42. The number of aliphatic hydroxyl groups excluding tert-OH is 1. The van der Waals surface area contributed by atoms with Gasteiger partial charge in [0.15, 0.2) is 0 Å². The van der Waals surface area contributed by atoms with E-state index in [-0.39, 0.29) is 6.61 Å². The van der Waals surface area contributed by atoms with Gasteiger partial charge in [-0.3, -0.25) is 4.90 Å². The van der Waals surface area contributed by atoms with Gasteiger partial charge in [-0.15, -0.1) is 0 Å². The van der Waals surface area contributed by atoms with Gasteiger partial charge < -0.3 is 9.84 Å². The lowest BCUT2D eigenvalue weighted by molar-refractivity contribution is 0.153. The summed E-state index contributed by atoms with van der Waals surface area (Å²) in [4.78, 5) is 2.34. The summed E-state index contributed by atoms with van der Waals surface area (Å²) in [5.41, 5.74) is 1.25. The first kappa shape index (κ1) is 12.9. The summed E-state index contributed by atoms with van der Waals surface area (Å²) in [6.07, 6.45) is 2.29. The third-order valence-electron chi connectivity index (χ3n) is 3.31. The van der Waals surface area contributed by atoms with Crippen LogP contribution in [-0.4, -0.2) is 36.3 Å². The molecule has 17 heavy (non-hydrogen) atoms. The maximum absolute atomic E-state index is 9.28. The van der Waals surface area contributed by atoms with E-state index in [1.807, 2.05) is 6.07 Å². The topological polar surface area (TPSA) is 32.7 Å². The fraction of sp³-hybridized carbons (Fsp3) is 0.538. The molecule has 0 spiro atoms. The van der Waals surface area contributed by atoms with Gasteiger partial charge >= 0.3 is 0 Å². The highest BCUT2D eigenvalue weighted by atomic mass is 79.9. The van der Waals surface area contributed by atoms with Crippen LogP contribution in [0.5, 0.6) is 5.75 Å². The number of hydrogen-bond donors (Lipinski definition) is 1. The molecule has 1 saturated heterocycles. The highest BCUT2D eigenvalue weighted by molar-refractivity contribution is 9.10. The molecule has 1 unspecified atom stereocenters. The normalized spacial score (nSPS) is 20.8. The van der Waals surface area contributed by atoms with Gasteiger partial charge in [-0.2, -0.15) is 0 Å². The summed E-state index contributed by atoms with van der Waals surface area (Å²) in [5.74, 6) is 0.855. The van der Waals surface area contributed by atoms with Crippen LogP contribution in [0.15, 0.2) is 22.7 Å². The number of rotatable bonds is 4. The lowest BCUT2D eigenvalue weighted by Gasteiger charge is -2.22. The molecule has 1 aliphatic rings. The Hall–Kier alpha value is -0.580. The number of likely N-dealkylation sites (tertiary alicyclic amines) is 1. The Bertz CT molecular complexity index is 384. The van der Waals surface area contributed by atoms with Gasteiger partial charge in [-0.1, -0.05) is 6.07 Å². The molecule has 0 aromatic heterocycles. The minimum atomic E-state index is 0.261. The Balaban J connectivity index is 2.05. The predicted molar refractivity (Wildman–Crippen MR) is 71.2 cm³/mol. The first-order valence-corrected chi connectivity index (χ1v) is 6.71. The van der Waals surface area contributed by atoms with Gasteiger partial charge in [0.2, 0.25) is 0 Å². The van der Waals surface area contributed by atoms with Crippen molar-refractivity contribution < 1.29 is 9.84 Å². The highest BCUT2D eigenvalue weighted by Gasteiger charge is 2.23. The second-order valence-corrected chi connectivity index (χ2v) is 5.27. The van der Waals surface area contributed by atoms with E-state index in [0.29, 0.717) is 6.04 Å². The Morgan fingerprint density at radius 2 is 2.35 bits per heavy atom. The average Bonchev–Trinajstić information content (AvgIpc) is 2.76. The van der Waals surface area contributed by atoms with Gasteiger partial charge in [0.1, 0.15) is 5.75 Å². The molecule has 94 valence electrons. The predicted octanol–water partition coefficient (Wildman–Crippen LogP) is 2.41. The van der Waals surface area contributed by atoms with Crippen LogP contribution in [0, 0.1) is 0 Å². The van der Waals surface area contributed by atoms with Crippen molar-refractivity contribution in [1.82, 2.24) is 4.90 Å². The maximum Gasteiger partial charge on any atom is 0.133 e. The van der Waals surface area contributed by atoms with Crippen molar-refractivity contribution in [3.63, 3.8) is 0 Å². The Morgan fingerprint density at radius 3 is 3.00 bits per heavy atom. The molecule has 2 rings (SSSR count). The SMILES string of the molecule is COc1ccc(CN2CCCC2CO)cc1Br. The van der Waals surface area contributed by atoms with E-state index in [0.717, 1.165) is 29.7 Å². The summed E-state index contributed by atoms with van der Waals surface area (Å²) in [7, 11) is 1.67. The fourth-order valence-corrected chi connectivity index (χ4v) is 2.94. The second kappa shape index (κ2) is 5.85. The minimum Gasteiger partial charge on any atom is -0.496 e. The van der Waals surface area contributed by atoms with E-state index in [4.69, 9.17) is 4.74 Å². The number of benzene rings is 1. The molecule has 4 heteroatoms. The average molecular weight is 300 g/mol. The Morgan fingerprint density at radius 1 is 1.53 bits per heavy atom. The third-order valence-corrected chi connectivity index (χ3v) is 3.93. The van der Waals surface area contributed by atoms with Crippen LogP contribution >= 0.6 is 15.9 Å². The van der Waals surface area contributed by atoms with Crippen molar-refractivity contribution in [2.24, 2.45) is 0 Å². The van der Waals surface area contributed by atoms with Crippen LogP contribution < -0.4 is 4.74 Å². The monoisotopic (exact) mass is 299 g/mol. The van der Waals surface area contributed by atoms with E-state index in [1.165, 1.54) is 12.0 Å². The molecule has 1 N–H and O–H groups in total. The molecular formula is C13H18BrNO2. The van der Waals surface area contributed by atoms with Crippen LogP contribution in [0.25, 0.3) is 0 Å². The van der Waals surface area contributed by atoms with Crippen LogP contribution in [-0.2, 0) is 6.54 Å². The number of nitrogens with zero attached hydrogens (tertiary/aromatic N) is 1.